The van der Waals surface area contributed by atoms with Crippen LogP contribution in [0.5, 0.6) is 5.75 Å². The summed E-state index contributed by atoms with van der Waals surface area (Å²) in [5.41, 5.74) is 2.01. The molecule has 3 rings (SSSR count). The first-order valence-electron chi connectivity index (χ1n) is 10.0. The maximum atomic E-state index is 13.8. The number of ether oxygens (including phenoxy) is 1. The summed E-state index contributed by atoms with van der Waals surface area (Å²) in [7, 11) is 0. The van der Waals surface area contributed by atoms with Crippen LogP contribution in [-0.4, -0.2) is 26.4 Å². The SMILES string of the molecule is C=CCn1c(COc2ccccc2F)nnc1SCC(=O)Nc1ccc(CCC)cc1. The molecule has 3 aromatic rings. The van der Waals surface area contributed by atoms with Gasteiger partial charge in [-0.2, -0.15) is 0 Å². The van der Waals surface area contributed by atoms with E-state index < -0.39 is 5.82 Å². The third kappa shape index (κ3) is 6.42. The van der Waals surface area contributed by atoms with Crippen LogP contribution in [0.1, 0.15) is 24.7 Å². The molecule has 0 fully saturated rings. The molecule has 2 aromatic carbocycles. The molecule has 0 bridgehead atoms. The van der Waals surface area contributed by atoms with Crippen molar-refractivity contribution in [3.05, 3.63) is 78.4 Å². The fourth-order valence-corrected chi connectivity index (χ4v) is 3.69. The zero-order valence-electron chi connectivity index (χ0n) is 17.4. The van der Waals surface area contributed by atoms with Gasteiger partial charge in [0.1, 0.15) is 6.61 Å². The van der Waals surface area contributed by atoms with Gasteiger partial charge in [0.05, 0.1) is 5.75 Å². The summed E-state index contributed by atoms with van der Waals surface area (Å²) in [6, 6.07) is 14.0. The van der Waals surface area contributed by atoms with Crippen molar-refractivity contribution in [1.82, 2.24) is 14.8 Å². The van der Waals surface area contributed by atoms with Gasteiger partial charge < -0.3 is 10.1 Å². The summed E-state index contributed by atoms with van der Waals surface area (Å²) >= 11 is 1.27. The summed E-state index contributed by atoms with van der Waals surface area (Å²) in [6.07, 6.45) is 3.81. The normalized spacial score (nSPS) is 10.6. The molecule has 1 N–H and O–H groups in total. The number of halogens is 1. The molecule has 0 spiro atoms. The van der Waals surface area contributed by atoms with Crippen LogP contribution >= 0.6 is 11.8 Å². The van der Waals surface area contributed by atoms with E-state index in [1.807, 2.05) is 24.3 Å². The lowest BCUT2D eigenvalue weighted by Crippen LogP contribution is -2.15. The average molecular weight is 441 g/mol. The Morgan fingerprint density at radius 2 is 2.00 bits per heavy atom. The van der Waals surface area contributed by atoms with Gasteiger partial charge in [-0.1, -0.05) is 55.4 Å². The number of nitrogens with one attached hydrogen (secondary N) is 1. The van der Waals surface area contributed by atoms with Gasteiger partial charge in [0, 0.05) is 12.2 Å². The van der Waals surface area contributed by atoms with Crippen LogP contribution in [0, 0.1) is 5.82 Å². The van der Waals surface area contributed by atoms with Crippen LogP contribution in [0.3, 0.4) is 0 Å². The van der Waals surface area contributed by atoms with Crippen molar-refractivity contribution < 1.29 is 13.9 Å². The van der Waals surface area contributed by atoms with Gasteiger partial charge in [-0.15, -0.1) is 16.8 Å². The van der Waals surface area contributed by atoms with E-state index in [1.54, 1.807) is 28.8 Å². The Balaban J connectivity index is 1.58. The van der Waals surface area contributed by atoms with Crippen LogP contribution in [0.15, 0.2) is 66.3 Å². The third-order valence-corrected chi connectivity index (χ3v) is 5.37. The molecule has 0 atom stereocenters. The molecule has 31 heavy (non-hydrogen) atoms. The Hall–Kier alpha value is -3.13. The van der Waals surface area contributed by atoms with Crippen LogP contribution in [0.2, 0.25) is 0 Å². The molecule has 0 aliphatic heterocycles. The maximum Gasteiger partial charge on any atom is 0.234 e. The molecule has 1 amide bonds. The largest absolute Gasteiger partial charge is 0.483 e. The fraction of sp³-hybridized carbons (Fsp3) is 0.261. The van der Waals surface area contributed by atoms with E-state index in [1.165, 1.54) is 23.4 Å². The number of carbonyl (C=O) groups is 1. The van der Waals surface area contributed by atoms with Crippen molar-refractivity contribution in [3.63, 3.8) is 0 Å². The molecule has 0 aliphatic rings. The van der Waals surface area contributed by atoms with Gasteiger partial charge in [0.15, 0.2) is 22.5 Å². The third-order valence-electron chi connectivity index (χ3n) is 4.41. The van der Waals surface area contributed by atoms with Gasteiger partial charge in [0.25, 0.3) is 0 Å². The highest BCUT2D eigenvalue weighted by Gasteiger charge is 2.15. The molecule has 1 heterocycles. The summed E-state index contributed by atoms with van der Waals surface area (Å²) < 4.78 is 21.1. The second-order valence-electron chi connectivity index (χ2n) is 6.80. The number of rotatable bonds is 11. The Bertz CT molecular complexity index is 1020. The maximum absolute atomic E-state index is 13.8. The van der Waals surface area contributed by atoms with Crippen molar-refractivity contribution in [2.45, 2.75) is 38.1 Å². The average Bonchev–Trinajstić information content (AvgIpc) is 3.15. The van der Waals surface area contributed by atoms with Crippen LogP contribution in [0.25, 0.3) is 0 Å². The number of hydrogen-bond donors (Lipinski definition) is 1. The Kier molecular flexibility index (Phi) is 8.23. The zero-order valence-corrected chi connectivity index (χ0v) is 18.2. The van der Waals surface area contributed by atoms with E-state index in [9.17, 15) is 9.18 Å². The van der Waals surface area contributed by atoms with Crippen LogP contribution in [0.4, 0.5) is 10.1 Å². The number of carbonyl (C=O) groups excluding carboxylic acids is 1. The lowest BCUT2D eigenvalue weighted by molar-refractivity contribution is -0.113. The Morgan fingerprint density at radius 1 is 1.23 bits per heavy atom. The van der Waals surface area contributed by atoms with Gasteiger partial charge in [0.2, 0.25) is 5.91 Å². The number of hydrogen-bond acceptors (Lipinski definition) is 5. The molecule has 0 aliphatic carbocycles. The zero-order chi connectivity index (χ0) is 22.1. The fourth-order valence-electron chi connectivity index (χ4n) is 2.92. The molecular weight excluding hydrogens is 415 g/mol. The predicted octanol–water partition coefficient (Wildman–Crippen LogP) is 4.87. The molecular formula is C23H25FN4O2S. The lowest BCUT2D eigenvalue weighted by atomic mass is 10.1. The number of aromatic nitrogens is 3. The summed E-state index contributed by atoms with van der Waals surface area (Å²) in [5.74, 6) is 0.281. The van der Waals surface area contributed by atoms with Gasteiger partial charge in [-0.3, -0.25) is 9.36 Å². The smallest absolute Gasteiger partial charge is 0.234 e. The second-order valence-corrected chi connectivity index (χ2v) is 7.74. The summed E-state index contributed by atoms with van der Waals surface area (Å²) in [6.45, 7) is 6.39. The number of anilines is 1. The highest BCUT2D eigenvalue weighted by Crippen LogP contribution is 2.21. The van der Waals surface area contributed by atoms with E-state index in [4.69, 9.17) is 4.74 Å². The van der Waals surface area contributed by atoms with E-state index in [2.05, 4.69) is 29.0 Å². The molecule has 162 valence electrons. The number of allylic oxidation sites excluding steroid dienone is 1. The Morgan fingerprint density at radius 3 is 2.71 bits per heavy atom. The van der Waals surface area contributed by atoms with Crippen LogP contribution < -0.4 is 10.1 Å². The molecule has 6 nitrogen and oxygen atoms in total. The number of aryl methyl sites for hydroxylation is 1. The number of amides is 1. The minimum absolute atomic E-state index is 0.0542. The number of para-hydroxylation sites is 1. The molecule has 0 saturated carbocycles. The minimum Gasteiger partial charge on any atom is -0.483 e. The van der Waals surface area contributed by atoms with E-state index in [0.717, 1.165) is 18.5 Å². The number of benzene rings is 2. The van der Waals surface area contributed by atoms with Crippen molar-refractivity contribution in [1.29, 1.82) is 0 Å². The summed E-state index contributed by atoms with van der Waals surface area (Å²) in [4.78, 5) is 12.3. The second kappa shape index (κ2) is 11.3. The Labute approximate surface area is 185 Å². The van der Waals surface area contributed by atoms with Crippen molar-refractivity contribution in [3.8, 4) is 5.75 Å². The first-order valence-corrected chi connectivity index (χ1v) is 11.0. The highest BCUT2D eigenvalue weighted by atomic mass is 32.2. The van der Waals surface area contributed by atoms with Crippen molar-refractivity contribution in [2.75, 3.05) is 11.1 Å². The van der Waals surface area contributed by atoms with Gasteiger partial charge in [-0.25, -0.2) is 4.39 Å². The van der Waals surface area contributed by atoms with E-state index in [-0.39, 0.29) is 24.0 Å². The molecule has 0 radical (unpaired) electrons. The monoisotopic (exact) mass is 440 g/mol. The molecule has 8 heteroatoms. The number of nitrogens with zero attached hydrogens (tertiary/aromatic N) is 3. The van der Waals surface area contributed by atoms with Gasteiger partial charge in [-0.05, 0) is 36.2 Å². The highest BCUT2D eigenvalue weighted by molar-refractivity contribution is 7.99. The van der Waals surface area contributed by atoms with Gasteiger partial charge >= 0.3 is 0 Å². The quantitative estimate of drug-likeness (QED) is 0.340. The topological polar surface area (TPSA) is 69.0 Å². The van der Waals surface area contributed by atoms with E-state index in [0.29, 0.717) is 17.5 Å². The first-order chi connectivity index (χ1) is 15.1. The minimum atomic E-state index is -0.439. The molecule has 1 aromatic heterocycles. The van der Waals surface area contributed by atoms with Crippen LogP contribution in [-0.2, 0) is 24.4 Å². The van der Waals surface area contributed by atoms with Crippen molar-refractivity contribution in [2.24, 2.45) is 0 Å². The first kappa shape index (κ1) is 22.6. The van der Waals surface area contributed by atoms with Crippen molar-refractivity contribution >= 4 is 23.4 Å². The lowest BCUT2D eigenvalue weighted by Gasteiger charge is -2.10. The standard InChI is InChI=1S/C23H25FN4O2S/c1-3-7-17-10-12-18(13-11-17)25-22(29)16-31-23-27-26-21(28(23)14-4-2)15-30-20-9-6-5-8-19(20)24/h4-6,8-13H,2-3,7,14-16H2,1H3,(H,25,29). The summed E-state index contributed by atoms with van der Waals surface area (Å²) in [5, 5.41) is 11.7. The molecule has 0 unspecified atom stereocenters. The molecule has 0 saturated heterocycles. The predicted molar refractivity (Wildman–Crippen MR) is 121 cm³/mol. The number of thioether (sulfide) groups is 1. The van der Waals surface area contributed by atoms with E-state index >= 15 is 0 Å².